The summed E-state index contributed by atoms with van der Waals surface area (Å²) in [4.78, 5) is 21.3. The van der Waals surface area contributed by atoms with Gasteiger partial charge in [-0.05, 0) is 17.5 Å². The Morgan fingerprint density at radius 2 is 2.35 bits per heavy atom. The van der Waals surface area contributed by atoms with Gasteiger partial charge in [0.25, 0.3) is 5.69 Å². The van der Waals surface area contributed by atoms with Crippen molar-refractivity contribution in [2.75, 3.05) is 5.32 Å². The Morgan fingerprint density at radius 3 is 2.88 bits per heavy atom. The third kappa shape index (κ3) is 1.93. The topological polar surface area (TPSA) is 92.5 Å². The fraction of sp³-hybridized carbons (Fsp3) is 0.364. The molecule has 6 heteroatoms. The second-order valence-corrected chi connectivity index (χ2v) is 4.00. The van der Waals surface area contributed by atoms with Crippen molar-refractivity contribution < 1.29 is 14.8 Å². The van der Waals surface area contributed by atoms with E-state index in [0.717, 1.165) is 5.56 Å². The molecule has 0 saturated heterocycles. The number of nitrogens with zero attached hydrogens (tertiary/aromatic N) is 1. The molecule has 17 heavy (non-hydrogen) atoms. The number of nitrogens with one attached hydrogen (secondary N) is 1. The highest BCUT2D eigenvalue weighted by atomic mass is 16.6. The molecule has 1 unspecified atom stereocenters. The van der Waals surface area contributed by atoms with Crippen LogP contribution in [0.15, 0.2) is 12.1 Å². The molecule has 0 aromatic heterocycles. The van der Waals surface area contributed by atoms with Gasteiger partial charge in [0.1, 0.15) is 11.7 Å². The van der Waals surface area contributed by atoms with Crippen molar-refractivity contribution in [2.45, 2.75) is 25.8 Å². The average Bonchev–Trinajstić information content (AvgIpc) is 2.70. The van der Waals surface area contributed by atoms with Gasteiger partial charge in [0.05, 0.1) is 4.92 Å². The van der Waals surface area contributed by atoms with Gasteiger partial charge in [0.2, 0.25) is 0 Å². The monoisotopic (exact) mass is 236 g/mol. The van der Waals surface area contributed by atoms with Crippen LogP contribution in [0.5, 0.6) is 0 Å². The molecule has 0 bridgehead atoms. The molecular weight excluding hydrogens is 224 g/mol. The molecule has 1 aliphatic rings. The smallest absolute Gasteiger partial charge is 0.326 e. The molecule has 1 aliphatic heterocycles. The third-order valence-corrected chi connectivity index (χ3v) is 2.90. The predicted molar refractivity (Wildman–Crippen MR) is 61.2 cm³/mol. The van der Waals surface area contributed by atoms with Gasteiger partial charge in [-0.3, -0.25) is 10.1 Å². The number of aryl methyl sites for hydroxylation is 1. The Morgan fingerprint density at radius 1 is 1.65 bits per heavy atom. The Bertz CT molecular complexity index is 498. The van der Waals surface area contributed by atoms with Gasteiger partial charge in [0, 0.05) is 12.5 Å². The third-order valence-electron chi connectivity index (χ3n) is 2.90. The second-order valence-electron chi connectivity index (χ2n) is 4.00. The minimum atomic E-state index is -0.992. The van der Waals surface area contributed by atoms with Crippen molar-refractivity contribution in [3.63, 3.8) is 0 Å². The summed E-state index contributed by atoms with van der Waals surface area (Å²) in [7, 11) is 0. The number of carboxylic acids is 1. The fourth-order valence-electron chi connectivity index (χ4n) is 2.02. The van der Waals surface area contributed by atoms with E-state index >= 15 is 0 Å². The maximum absolute atomic E-state index is 10.9. The minimum absolute atomic E-state index is 0.0388. The van der Waals surface area contributed by atoms with E-state index in [2.05, 4.69) is 5.32 Å². The summed E-state index contributed by atoms with van der Waals surface area (Å²) >= 11 is 0. The van der Waals surface area contributed by atoms with E-state index in [1.54, 1.807) is 0 Å². The van der Waals surface area contributed by atoms with Crippen LogP contribution in [-0.2, 0) is 17.6 Å². The molecule has 0 aliphatic carbocycles. The van der Waals surface area contributed by atoms with Crippen LogP contribution in [0.4, 0.5) is 11.4 Å². The van der Waals surface area contributed by atoms with Crippen molar-refractivity contribution in [3.05, 3.63) is 33.4 Å². The highest BCUT2D eigenvalue weighted by Gasteiger charge is 2.32. The van der Waals surface area contributed by atoms with E-state index in [1.165, 1.54) is 6.07 Å². The number of nitro benzene ring substituents is 1. The lowest BCUT2D eigenvalue weighted by Crippen LogP contribution is -2.26. The zero-order chi connectivity index (χ0) is 12.6. The van der Waals surface area contributed by atoms with Gasteiger partial charge in [-0.25, -0.2) is 4.79 Å². The van der Waals surface area contributed by atoms with Gasteiger partial charge in [-0.15, -0.1) is 0 Å². The van der Waals surface area contributed by atoms with E-state index in [-0.39, 0.29) is 5.69 Å². The number of aliphatic carboxylic acids is 1. The van der Waals surface area contributed by atoms with Crippen LogP contribution >= 0.6 is 0 Å². The van der Waals surface area contributed by atoms with Crippen LogP contribution < -0.4 is 5.32 Å². The average molecular weight is 236 g/mol. The first-order valence-corrected chi connectivity index (χ1v) is 5.32. The summed E-state index contributed by atoms with van der Waals surface area (Å²) in [6, 6.07) is 2.56. The number of rotatable bonds is 3. The number of anilines is 1. The normalized spacial score (nSPS) is 17.4. The van der Waals surface area contributed by atoms with Crippen LogP contribution in [0.2, 0.25) is 0 Å². The van der Waals surface area contributed by atoms with Crippen LogP contribution in [-0.4, -0.2) is 22.0 Å². The summed E-state index contributed by atoms with van der Waals surface area (Å²) in [6.45, 7) is 1.91. The number of benzene rings is 1. The number of carbonyl (C=O) groups is 1. The summed E-state index contributed by atoms with van der Waals surface area (Å²) in [6.07, 6.45) is 0.977. The Hall–Kier alpha value is -2.11. The molecule has 1 aromatic carbocycles. The molecule has 1 atom stereocenters. The summed E-state index contributed by atoms with van der Waals surface area (Å²) in [5.41, 5.74) is 1.87. The van der Waals surface area contributed by atoms with Crippen molar-refractivity contribution in [1.29, 1.82) is 0 Å². The molecule has 0 spiro atoms. The van der Waals surface area contributed by atoms with Crippen LogP contribution in [0.25, 0.3) is 0 Å². The molecule has 1 heterocycles. The molecule has 90 valence electrons. The molecular formula is C11H12N2O4. The predicted octanol–water partition coefficient (Wildman–Crippen LogP) is 1.58. The van der Waals surface area contributed by atoms with Gasteiger partial charge in [0.15, 0.2) is 0 Å². The van der Waals surface area contributed by atoms with Gasteiger partial charge < -0.3 is 10.4 Å². The van der Waals surface area contributed by atoms with Gasteiger partial charge in [-0.2, -0.15) is 0 Å². The second kappa shape index (κ2) is 4.04. The highest BCUT2D eigenvalue weighted by molar-refractivity contribution is 5.84. The number of hydrogen-bond donors (Lipinski definition) is 2. The standard InChI is InChI=1S/C11H12N2O4/c1-2-6-3-7-5-8(11(14)15)12-10(7)9(4-6)13(16)17/h3-4,8,12H,2,5H2,1H3,(H,14,15). The quantitative estimate of drug-likeness (QED) is 0.614. The SMILES string of the molecule is CCc1cc2c(c([N+](=O)[O-])c1)NC(C(=O)O)C2. The first-order valence-electron chi connectivity index (χ1n) is 5.32. The van der Waals surface area contributed by atoms with Gasteiger partial charge in [-0.1, -0.05) is 13.0 Å². The minimum Gasteiger partial charge on any atom is -0.480 e. The van der Waals surface area contributed by atoms with Crippen molar-refractivity contribution in [2.24, 2.45) is 0 Å². The molecule has 6 nitrogen and oxygen atoms in total. The molecule has 2 N–H and O–H groups in total. The van der Waals surface area contributed by atoms with E-state index in [0.29, 0.717) is 24.1 Å². The Labute approximate surface area is 97.4 Å². The van der Waals surface area contributed by atoms with Crippen LogP contribution in [0, 0.1) is 10.1 Å². The lowest BCUT2D eigenvalue weighted by molar-refractivity contribution is -0.384. The summed E-state index contributed by atoms with van der Waals surface area (Å²) in [5.74, 6) is -0.992. The Balaban J connectivity index is 2.48. The summed E-state index contributed by atoms with van der Waals surface area (Å²) in [5, 5.41) is 22.5. The Kier molecular flexibility index (Phi) is 2.71. The molecule has 0 amide bonds. The molecule has 1 aromatic rings. The first-order chi connectivity index (χ1) is 8.02. The largest absolute Gasteiger partial charge is 0.480 e. The lowest BCUT2D eigenvalue weighted by Gasteiger charge is -2.05. The molecule has 0 saturated carbocycles. The molecule has 0 radical (unpaired) electrons. The molecule has 2 rings (SSSR count). The zero-order valence-electron chi connectivity index (χ0n) is 9.27. The number of carboxylic acid groups (broad SMARTS) is 1. The van der Waals surface area contributed by atoms with Crippen molar-refractivity contribution in [1.82, 2.24) is 0 Å². The van der Waals surface area contributed by atoms with E-state index in [4.69, 9.17) is 5.11 Å². The van der Waals surface area contributed by atoms with Crippen molar-refractivity contribution >= 4 is 17.3 Å². The van der Waals surface area contributed by atoms with E-state index in [9.17, 15) is 14.9 Å². The highest BCUT2D eigenvalue weighted by Crippen LogP contribution is 2.36. The van der Waals surface area contributed by atoms with Crippen molar-refractivity contribution in [3.8, 4) is 0 Å². The first kappa shape index (κ1) is 11.4. The lowest BCUT2D eigenvalue weighted by atomic mass is 10.0. The maximum atomic E-state index is 10.9. The zero-order valence-corrected chi connectivity index (χ0v) is 9.27. The summed E-state index contributed by atoms with van der Waals surface area (Å²) < 4.78 is 0. The maximum Gasteiger partial charge on any atom is 0.326 e. The number of fused-ring (bicyclic) bond motifs is 1. The fourth-order valence-corrected chi connectivity index (χ4v) is 2.02. The molecule has 0 fully saturated rings. The van der Waals surface area contributed by atoms with Crippen LogP contribution in [0.3, 0.4) is 0 Å². The van der Waals surface area contributed by atoms with Crippen LogP contribution in [0.1, 0.15) is 18.1 Å². The van der Waals surface area contributed by atoms with Gasteiger partial charge >= 0.3 is 5.97 Å². The number of hydrogen-bond acceptors (Lipinski definition) is 4. The van der Waals surface area contributed by atoms with E-state index in [1.807, 2.05) is 13.0 Å². The van der Waals surface area contributed by atoms with E-state index < -0.39 is 16.9 Å². The number of nitro groups is 1.